The van der Waals surface area contributed by atoms with E-state index in [-0.39, 0.29) is 93.6 Å². The number of nitrogens with one attached hydrogen (secondary N) is 13. The van der Waals surface area contributed by atoms with E-state index < -0.39 is 123 Å². The highest BCUT2D eigenvalue weighted by Crippen LogP contribution is 2.36. The van der Waals surface area contributed by atoms with Gasteiger partial charge >= 0.3 is 0 Å². The summed E-state index contributed by atoms with van der Waals surface area (Å²) in [6, 6.07) is -7.62. The predicted molar refractivity (Wildman–Crippen MR) is 241 cm³/mol. The summed E-state index contributed by atoms with van der Waals surface area (Å²) in [6.07, 6.45) is -0.180. The molecule has 4 rings (SSSR count). The molecule has 0 spiro atoms. The van der Waals surface area contributed by atoms with Crippen molar-refractivity contribution in [3.8, 4) is 0 Å². The molecule has 1 aromatic rings. The van der Waals surface area contributed by atoms with E-state index in [0.29, 0.717) is 26.2 Å². The smallest absolute Gasteiger partial charge is 0.243 e. The number of benzene rings is 1. The van der Waals surface area contributed by atoms with Crippen LogP contribution in [0.1, 0.15) is 38.5 Å². The molecule has 1 fully saturated rings. The van der Waals surface area contributed by atoms with Crippen molar-refractivity contribution in [2.45, 2.75) is 78.5 Å². The monoisotopic (exact) mass is 995 g/mol. The van der Waals surface area contributed by atoms with Gasteiger partial charge in [0.1, 0.15) is 30.2 Å². The lowest BCUT2D eigenvalue weighted by atomic mass is 10.0. The summed E-state index contributed by atoms with van der Waals surface area (Å²) in [7, 11) is 0. The summed E-state index contributed by atoms with van der Waals surface area (Å²) >= 11 is 4.28. The quantitative estimate of drug-likeness (QED) is 0.0145. The zero-order chi connectivity index (χ0) is 48.9. The van der Waals surface area contributed by atoms with Gasteiger partial charge in [-0.05, 0) is 38.5 Å². The molecule has 368 valence electrons. The summed E-state index contributed by atoms with van der Waals surface area (Å²) in [4.78, 5) is 81.6. The number of halogens is 4. The van der Waals surface area contributed by atoms with E-state index in [1.165, 1.54) is 4.90 Å². The second-order valence-electron chi connectivity index (χ2n) is 14.8. The van der Waals surface area contributed by atoms with E-state index in [2.05, 4.69) is 65.4 Å². The van der Waals surface area contributed by atoms with Crippen LogP contribution in [0.4, 0.5) is 17.6 Å². The molecule has 0 radical (unpaired) electrons. The summed E-state index contributed by atoms with van der Waals surface area (Å²) < 4.78 is 64.8. The van der Waals surface area contributed by atoms with Crippen LogP contribution in [-0.2, 0) is 28.8 Å². The summed E-state index contributed by atoms with van der Waals surface area (Å²) in [5, 5.41) is 45.5. The Morgan fingerprint density at radius 2 is 1.03 bits per heavy atom. The van der Waals surface area contributed by atoms with Crippen LogP contribution in [0.5, 0.6) is 0 Å². The molecule has 3 aliphatic rings. The van der Waals surface area contributed by atoms with Crippen LogP contribution in [0.25, 0.3) is 0 Å². The maximum absolute atomic E-state index is 15.7. The number of thioether (sulfide) groups is 2. The normalized spacial score (nSPS) is 21.2. The van der Waals surface area contributed by atoms with Crippen molar-refractivity contribution in [3.05, 3.63) is 23.3 Å². The highest BCUT2D eigenvalue weighted by atomic mass is 32.2. The highest BCUT2D eigenvalue weighted by Gasteiger charge is 2.35. The first-order chi connectivity index (χ1) is 31.3. The third-order valence-corrected chi connectivity index (χ3v) is 12.4. The lowest BCUT2D eigenvalue weighted by Gasteiger charge is -2.28. The second kappa shape index (κ2) is 27.9. The third kappa shape index (κ3) is 17.7. The van der Waals surface area contributed by atoms with Crippen LogP contribution in [0.2, 0.25) is 0 Å². The average molecular weight is 996 g/mol. The summed E-state index contributed by atoms with van der Waals surface area (Å²) in [6.45, 7) is 1.24. The van der Waals surface area contributed by atoms with Gasteiger partial charge < -0.3 is 70.0 Å². The molecule has 3 heterocycles. The fourth-order valence-electron chi connectivity index (χ4n) is 6.33. The Labute approximate surface area is 391 Å². The summed E-state index contributed by atoms with van der Waals surface area (Å²) in [5.74, 6) is -15.3. The van der Waals surface area contributed by atoms with Gasteiger partial charge in [0.25, 0.3) is 0 Å². The van der Waals surface area contributed by atoms with Gasteiger partial charge in [-0.15, -0.1) is 23.5 Å². The van der Waals surface area contributed by atoms with Crippen molar-refractivity contribution < 1.29 is 46.3 Å². The zero-order valence-electron chi connectivity index (χ0n) is 35.6. The fraction of sp³-hybridized carbons (Fsp3) is 0.583. The van der Waals surface area contributed by atoms with Crippen LogP contribution in [0.15, 0.2) is 9.79 Å². The number of nitrogens with zero attached hydrogens (tertiary/aromatic N) is 1. The van der Waals surface area contributed by atoms with E-state index in [9.17, 15) is 28.8 Å². The van der Waals surface area contributed by atoms with Crippen LogP contribution in [-0.4, -0.2) is 152 Å². The van der Waals surface area contributed by atoms with Gasteiger partial charge in [-0.25, -0.2) is 17.6 Å². The number of piperazine rings is 1. The van der Waals surface area contributed by atoms with Crippen LogP contribution in [0, 0.1) is 39.5 Å². The number of nitrogens with two attached hydrogens (primary N) is 3. The Morgan fingerprint density at radius 3 is 1.44 bits per heavy atom. The number of amides is 6. The Kier molecular flexibility index (Phi) is 23.2. The number of hydrogen-bond acceptors (Lipinski definition) is 14. The number of fused-ring (bicyclic) bond motifs is 18. The van der Waals surface area contributed by atoms with Crippen LogP contribution >= 0.6 is 36.3 Å². The largest absolute Gasteiger partial charge is 0.370 e. The Bertz CT molecular complexity index is 1910. The first-order valence-electron chi connectivity index (χ1n) is 20.6. The molecule has 66 heavy (non-hydrogen) atoms. The highest BCUT2D eigenvalue weighted by molar-refractivity contribution is 7.99. The van der Waals surface area contributed by atoms with Crippen molar-refractivity contribution in [3.63, 3.8) is 0 Å². The van der Waals surface area contributed by atoms with Crippen molar-refractivity contribution in [1.82, 2.24) is 57.5 Å². The van der Waals surface area contributed by atoms with Gasteiger partial charge in [0.2, 0.25) is 35.4 Å². The molecule has 0 saturated carbocycles. The molecule has 23 nitrogen and oxygen atoms in total. The third-order valence-electron chi connectivity index (χ3n) is 9.81. The molecule has 1 aromatic carbocycles. The minimum atomic E-state index is -1.85. The molecule has 5 atom stereocenters. The number of carbonyl (C=O) groups excluding carboxylic acids is 6. The summed E-state index contributed by atoms with van der Waals surface area (Å²) in [5.41, 5.74) is 16.2. The van der Waals surface area contributed by atoms with Crippen molar-refractivity contribution in [1.29, 1.82) is 16.2 Å². The SMILES string of the molecule is N=C(N)NCCCC1NC(=O)C(NS)CSc2c(F)c(F)c(c(F)c2F)SCC(C(=O)NCC(=O)N2CCNCC2)NC(=O)C(CCCNC(=N)N)NC(=O)C(CCCNC(=N)N)NC1=O. The Hall–Kier alpha value is -5.46. The van der Waals surface area contributed by atoms with Gasteiger partial charge in [0, 0.05) is 57.3 Å². The maximum Gasteiger partial charge on any atom is 0.243 e. The molecule has 3 aliphatic heterocycles. The molecule has 6 amide bonds. The van der Waals surface area contributed by atoms with E-state index in [1.807, 2.05) is 0 Å². The van der Waals surface area contributed by atoms with Gasteiger partial charge in [0.05, 0.1) is 16.3 Å². The number of rotatable bonds is 16. The molecule has 0 aliphatic carbocycles. The minimum Gasteiger partial charge on any atom is -0.370 e. The molecular weight excluding hydrogens is 939 g/mol. The maximum atomic E-state index is 15.7. The van der Waals surface area contributed by atoms with E-state index in [4.69, 9.17) is 33.4 Å². The number of carbonyl (C=O) groups is 6. The van der Waals surface area contributed by atoms with Gasteiger partial charge in [-0.1, -0.05) is 12.8 Å². The van der Waals surface area contributed by atoms with Crippen LogP contribution in [0.3, 0.4) is 0 Å². The average Bonchev–Trinajstić information content (AvgIpc) is 3.27. The van der Waals surface area contributed by atoms with Gasteiger partial charge in [0.15, 0.2) is 41.1 Å². The van der Waals surface area contributed by atoms with Crippen molar-refractivity contribution in [2.24, 2.45) is 17.2 Å². The molecular formula is C36H57F4N17O6S3. The Morgan fingerprint density at radius 1 is 0.636 bits per heavy atom. The zero-order valence-corrected chi connectivity index (χ0v) is 38.1. The molecule has 5 unspecified atom stereocenters. The molecule has 19 N–H and O–H groups in total. The topological polar surface area (TPSA) is 376 Å². The van der Waals surface area contributed by atoms with E-state index in [0.717, 1.165) is 0 Å². The first kappa shape index (κ1) is 54.9. The van der Waals surface area contributed by atoms with E-state index in [1.54, 1.807) is 0 Å². The second-order valence-corrected chi connectivity index (χ2v) is 17.1. The lowest BCUT2D eigenvalue weighted by molar-refractivity contribution is -0.135. The van der Waals surface area contributed by atoms with Crippen molar-refractivity contribution in [2.75, 3.05) is 63.9 Å². The fourth-order valence-corrected chi connectivity index (χ4v) is 8.66. The minimum absolute atomic E-state index is 0.0196. The van der Waals surface area contributed by atoms with Crippen LogP contribution < -0.4 is 69.8 Å². The molecule has 1 saturated heterocycles. The van der Waals surface area contributed by atoms with Crippen molar-refractivity contribution >= 4 is 89.7 Å². The number of hydrogen-bond donors (Lipinski definition) is 17. The van der Waals surface area contributed by atoms with Gasteiger partial charge in [-0.3, -0.25) is 49.7 Å². The lowest BCUT2D eigenvalue weighted by Crippen LogP contribution is -2.59. The molecule has 30 heteroatoms. The first-order valence-corrected chi connectivity index (χ1v) is 23.0. The Balaban J connectivity index is 2.12. The number of guanidine groups is 3. The molecule has 2 bridgehead atoms. The number of thiol groups is 1. The predicted octanol–water partition coefficient (Wildman–Crippen LogP) is -3.48. The standard InChI is InChI=1S/C36H57F4N17O6S3/c37-23-25(39)28-26(40)24(38)27(23)65-15-20(29(59)51-14-22(58)57-12-10-47-11-13-57)55-32(62)19(6-3-9-50-36(45)46)53-30(60)17(4-1-7-48-34(41)42)52-31(61)18(5-2-8-49-35(43)44)54-33(63)21(56-64)16-66-28/h17-21,47,56,64H,1-16H2,(H,51,59)(H,52,61)(H,53,60)(H,54,63)(H,55,62)(H4,41,42,48)(H4,43,44,49)(H4,45,46,50). The molecule has 0 aromatic heterocycles. The van der Waals surface area contributed by atoms with E-state index >= 15 is 17.6 Å². The van der Waals surface area contributed by atoms with Gasteiger partial charge in [-0.2, -0.15) is 0 Å².